The summed E-state index contributed by atoms with van der Waals surface area (Å²) in [5.41, 5.74) is 2.89. The molecule has 1 aromatic rings. The van der Waals surface area contributed by atoms with Crippen molar-refractivity contribution in [3.8, 4) is 0 Å². The molecular formula is C18H30N2S. The molecule has 0 aliphatic carbocycles. The second-order valence-electron chi connectivity index (χ2n) is 6.58. The van der Waals surface area contributed by atoms with Crippen molar-refractivity contribution in [3.05, 3.63) is 35.4 Å². The summed E-state index contributed by atoms with van der Waals surface area (Å²) in [7, 11) is 0. The van der Waals surface area contributed by atoms with E-state index in [-0.39, 0.29) is 0 Å². The average Bonchev–Trinajstić information content (AvgIpc) is 2.45. The van der Waals surface area contributed by atoms with Crippen molar-refractivity contribution in [1.29, 1.82) is 0 Å². The van der Waals surface area contributed by atoms with Crippen LogP contribution in [-0.2, 0) is 13.0 Å². The molecule has 0 bridgehead atoms. The minimum atomic E-state index is 0.734. The third-order valence-electron chi connectivity index (χ3n) is 3.90. The van der Waals surface area contributed by atoms with Crippen LogP contribution in [-0.4, -0.2) is 42.1 Å². The maximum atomic E-state index is 3.51. The van der Waals surface area contributed by atoms with Crippen LogP contribution in [0.25, 0.3) is 0 Å². The van der Waals surface area contributed by atoms with Crippen LogP contribution in [0.2, 0.25) is 0 Å². The lowest BCUT2D eigenvalue weighted by molar-refractivity contribution is 0.278. The van der Waals surface area contributed by atoms with Crippen LogP contribution in [0.15, 0.2) is 24.3 Å². The predicted octanol–water partition coefficient (Wildman–Crippen LogP) is 3.41. The van der Waals surface area contributed by atoms with Gasteiger partial charge in [0.1, 0.15) is 0 Å². The van der Waals surface area contributed by atoms with E-state index in [4.69, 9.17) is 0 Å². The Kier molecular flexibility index (Phi) is 7.08. The van der Waals surface area contributed by atoms with E-state index in [2.05, 4.69) is 67.0 Å². The highest BCUT2D eigenvalue weighted by Crippen LogP contribution is 2.19. The van der Waals surface area contributed by atoms with Crippen LogP contribution in [0.1, 0.15) is 31.9 Å². The minimum absolute atomic E-state index is 0.734. The van der Waals surface area contributed by atoms with Crippen molar-refractivity contribution in [1.82, 2.24) is 10.2 Å². The van der Waals surface area contributed by atoms with Gasteiger partial charge < -0.3 is 5.32 Å². The molecule has 21 heavy (non-hydrogen) atoms. The SMILES string of the molecule is CC(C)CNCCc1ccc(CN2CCSC(C)C2)cc1. The van der Waals surface area contributed by atoms with Crippen molar-refractivity contribution in [3.63, 3.8) is 0 Å². The first-order valence-corrected chi connectivity index (χ1v) is 9.31. The second kappa shape index (κ2) is 8.82. The van der Waals surface area contributed by atoms with Gasteiger partial charge in [0.15, 0.2) is 0 Å². The van der Waals surface area contributed by atoms with Gasteiger partial charge in [-0.3, -0.25) is 4.90 Å². The van der Waals surface area contributed by atoms with Gasteiger partial charge in [-0.2, -0.15) is 11.8 Å². The number of rotatable bonds is 7. The van der Waals surface area contributed by atoms with E-state index in [9.17, 15) is 0 Å². The fourth-order valence-electron chi connectivity index (χ4n) is 2.73. The molecule has 2 rings (SSSR count). The lowest BCUT2D eigenvalue weighted by atomic mass is 10.1. The first-order valence-electron chi connectivity index (χ1n) is 8.26. The quantitative estimate of drug-likeness (QED) is 0.777. The topological polar surface area (TPSA) is 15.3 Å². The highest BCUT2D eigenvalue weighted by Gasteiger charge is 2.16. The number of benzene rings is 1. The summed E-state index contributed by atoms with van der Waals surface area (Å²) in [4.78, 5) is 2.58. The molecule has 1 heterocycles. The van der Waals surface area contributed by atoms with Gasteiger partial charge in [-0.15, -0.1) is 0 Å². The number of hydrogen-bond donors (Lipinski definition) is 1. The van der Waals surface area contributed by atoms with Crippen LogP contribution < -0.4 is 5.32 Å². The van der Waals surface area contributed by atoms with Gasteiger partial charge in [0.2, 0.25) is 0 Å². The van der Waals surface area contributed by atoms with Crippen molar-refractivity contribution < 1.29 is 0 Å². The Morgan fingerprint density at radius 3 is 2.62 bits per heavy atom. The molecule has 0 spiro atoms. The molecule has 0 aromatic heterocycles. The first-order chi connectivity index (χ1) is 10.1. The van der Waals surface area contributed by atoms with Gasteiger partial charge in [0, 0.05) is 30.6 Å². The van der Waals surface area contributed by atoms with Crippen LogP contribution in [0.3, 0.4) is 0 Å². The van der Waals surface area contributed by atoms with Crippen LogP contribution in [0.4, 0.5) is 0 Å². The molecule has 3 heteroatoms. The van der Waals surface area contributed by atoms with Gasteiger partial charge in [-0.1, -0.05) is 45.0 Å². The van der Waals surface area contributed by atoms with Gasteiger partial charge in [0.05, 0.1) is 0 Å². The van der Waals surface area contributed by atoms with Crippen LogP contribution in [0.5, 0.6) is 0 Å². The minimum Gasteiger partial charge on any atom is -0.316 e. The molecule has 0 amide bonds. The molecule has 1 aliphatic rings. The molecular weight excluding hydrogens is 276 g/mol. The summed E-state index contributed by atoms with van der Waals surface area (Å²) in [6.45, 7) is 12.6. The summed E-state index contributed by atoms with van der Waals surface area (Å²) in [6, 6.07) is 9.22. The van der Waals surface area contributed by atoms with Crippen molar-refractivity contribution in [2.24, 2.45) is 5.92 Å². The maximum absolute atomic E-state index is 3.51. The van der Waals surface area contributed by atoms with E-state index in [1.807, 2.05) is 0 Å². The zero-order valence-corrected chi connectivity index (χ0v) is 14.6. The molecule has 1 aromatic carbocycles. The molecule has 2 nitrogen and oxygen atoms in total. The lowest BCUT2D eigenvalue weighted by Gasteiger charge is -2.30. The molecule has 1 saturated heterocycles. The Morgan fingerprint density at radius 2 is 1.95 bits per heavy atom. The van der Waals surface area contributed by atoms with Gasteiger partial charge in [-0.25, -0.2) is 0 Å². The molecule has 0 radical (unpaired) electrons. The monoisotopic (exact) mass is 306 g/mol. The smallest absolute Gasteiger partial charge is 0.0234 e. The second-order valence-corrected chi connectivity index (χ2v) is 8.13. The largest absolute Gasteiger partial charge is 0.316 e. The third-order valence-corrected chi connectivity index (χ3v) is 5.03. The number of thioether (sulfide) groups is 1. The average molecular weight is 307 g/mol. The van der Waals surface area contributed by atoms with Crippen LogP contribution in [0, 0.1) is 5.92 Å². The molecule has 118 valence electrons. The Labute approximate surface area is 134 Å². The van der Waals surface area contributed by atoms with E-state index in [0.717, 1.165) is 37.2 Å². The van der Waals surface area contributed by atoms with E-state index in [0.29, 0.717) is 0 Å². The Hall–Kier alpha value is -0.510. The van der Waals surface area contributed by atoms with E-state index < -0.39 is 0 Å². The van der Waals surface area contributed by atoms with E-state index in [1.165, 1.54) is 30.0 Å². The number of hydrogen-bond acceptors (Lipinski definition) is 3. The fraction of sp³-hybridized carbons (Fsp3) is 0.667. The summed E-state index contributed by atoms with van der Waals surface area (Å²) < 4.78 is 0. The highest BCUT2D eigenvalue weighted by atomic mass is 32.2. The first kappa shape index (κ1) is 16.9. The number of nitrogens with zero attached hydrogens (tertiary/aromatic N) is 1. The summed E-state index contributed by atoms with van der Waals surface area (Å²) in [5, 5.41) is 4.29. The van der Waals surface area contributed by atoms with Gasteiger partial charge >= 0.3 is 0 Å². The summed E-state index contributed by atoms with van der Waals surface area (Å²) >= 11 is 2.10. The number of nitrogens with one attached hydrogen (secondary N) is 1. The molecule has 1 fully saturated rings. The van der Waals surface area contributed by atoms with Crippen LogP contribution >= 0.6 is 11.8 Å². The zero-order valence-electron chi connectivity index (χ0n) is 13.8. The molecule has 1 aliphatic heterocycles. The van der Waals surface area contributed by atoms with Gasteiger partial charge in [0.25, 0.3) is 0 Å². The predicted molar refractivity (Wildman–Crippen MR) is 95.1 cm³/mol. The molecule has 1 atom stereocenters. The lowest BCUT2D eigenvalue weighted by Crippen LogP contribution is -2.35. The van der Waals surface area contributed by atoms with Crippen molar-refractivity contribution in [2.45, 2.75) is 39.0 Å². The third kappa shape index (κ3) is 6.41. The maximum Gasteiger partial charge on any atom is 0.0234 e. The van der Waals surface area contributed by atoms with Crippen molar-refractivity contribution >= 4 is 11.8 Å². The Morgan fingerprint density at radius 1 is 1.24 bits per heavy atom. The van der Waals surface area contributed by atoms with Gasteiger partial charge in [-0.05, 0) is 36.6 Å². The molecule has 1 unspecified atom stereocenters. The standard InChI is InChI=1S/C18H30N2S/c1-15(2)12-19-9-8-17-4-6-18(7-5-17)14-20-10-11-21-16(3)13-20/h4-7,15-16,19H,8-14H2,1-3H3. The Balaban J connectivity index is 1.73. The van der Waals surface area contributed by atoms with E-state index >= 15 is 0 Å². The summed E-state index contributed by atoms with van der Waals surface area (Å²) in [6.07, 6.45) is 1.13. The fourth-order valence-corrected chi connectivity index (χ4v) is 3.81. The summed E-state index contributed by atoms with van der Waals surface area (Å²) in [5.74, 6) is 2.01. The van der Waals surface area contributed by atoms with Crippen molar-refractivity contribution in [2.75, 3.05) is 31.9 Å². The molecule has 0 saturated carbocycles. The normalized spacial score (nSPS) is 20.1. The molecule has 1 N–H and O–H groups in total. The Bertz CT molecular complexity index is 402. The zero-order chi connectivity index (χ0) is 15.1. The van der Waals surface area contributed by atoms with E-state index in [1.54, 1.807) is 0 Å². The highest BCUT2D eigenvalue weighted by molar-refractivity contribution is 7.99.